The number of hydrogen-bond donors (Lipinski definition) is 2. The lowest BCUT2D eigenvalue weighted by Crippen LogP contribution is -2.14. The van der Waals surface area contributed by atoms with E-state index in [1.54, 1.807) is 13.3 Å². The molecule has 1 unspecified atom stereocenters. The van der Waals surface area contributed by atoms with Gasteiger partial charge in [-0.3, -0.25) is 0 Å². The highest BCUT2D eigenvalue weighted by Gasteiger charge is 2.12. The fourth-order valence-corrected chi connectivity index (χ4v) is 2.19. The van der Waals surface area contributed by atoms with Crippen LogP contribution < -0.4 is 10.1 Å². The SMILES string of the molecule is COc1cccc(NC(CO)c2nccs2)c1. The number of nitrogens with zero attached hydrogens (tertiary/aromatic N) is 1. The molecular weight excluding hydrogens is 236 g/mol. The first-order valence-corrected chi connectivity index (χ1v) is 6.12. The summed E-state index contributed by atoms with van der Waals surface area (Å²) in [5.74, 6) is 0.783. The van der Waals surface area contributed by atoms with Gasteiger partial charge in [-0.15, -0.1) is 11.3 Å². The van der Waals surface area contributed by atoms with Gasteiger partial charge in [0, 0.05) is 23.3 Å². The van der Waals surface area contributed by atoms with Crippen molar-refractivity contribution >= 4 is 17.0 Å². The third-order valence-corrected chi connectivity index (χ3v) is 3.23. The Bertz CT molecular complexity index is 459. The molecule has 17 heavy (non-hydrogen) atoms. The second-order valence-corrected chi connectivity index (χ2v) is 4.41. The van der Waals surface area contributed by atoms with Crippen molar-refractivity contribution in [3.8, 4) is 5.75 Å². The Morgan fingerprint density at radius 3 is 3.06 bits per heavy atom. The minimum Gasteiger partial charge on any atom is -0.497 e. The zero-order chi connectivity index (χ0) is 12.1. The summed E-state index contributed by atoms with van der Waals surface area (Å²) in [5.41, 5.74) is 0.901. The van der Waals surface area contributed by atoms with E-state index in [1.165, 1.54) is 11.3 Å². The topological polar surface area (TPSA) is 54.4 Å². The van der Waals surface area contributed by atoms with E-state index in [0.717, 1.165) is 16.4 Å². The summed E-state index contributed by atoms with van der Waals surface area (Å²) < 4.78 is 5.15. The van der Waals surface area contributed by atoms with Crippen molar-refractivity contribution in [3.05, 3.63) is 40.8 Å². The third kappa shape index (κ3) is 2.95. The summed E-state index contributed by atoms with van der Waals surface area (Å²) in [6, 6.07) is 7.41. The molecule has 0 fully saturated rings. The number of anilines is 1. The molecule has 0 aliphatic heterocycles. The first-order chi connectivity index (χ1) is 8.33. The van der Waals surface area contributed by atoms with Gasteiger partial charge in [0.05, 0.1) is 13.7 Å². The summed E-state index contributed by atoms with van der Waals surface area (Å²) >= 11 is 1.52. The third-order valence-electron chi connectivity index (χ3n) is 2.34. The molecular formula is C12H14N2O2S. The maximum absolute atomic E-state index is 9.36. The van der Waals surface area contributed by atoms with E-state index in [-0.39, 0.29) is 12.6 Å². The number of aliphatic hydroxyl groups excluding tert-OH is 1. The van der Waals surface area contributed by atoms with Gasteiger partial charge in [-0.1, -0.05) is 6.07 Å². The molecule has 2 N–H and O–H groups in total. The van der Waals surface area contributed by atoms with Gasteiger partial charge in [0.1, 0.15) is 16.8 Å². The molecule has 90 valence electrons. The molecule has 2 aromatic rings. The highest BCUT2D eigenvalue weighted by atomic mass is 32.1. The lowest BCUT2D eigenvalue weighted by Gasteiger charge is -2.15. The first-order valence-electron chi connectivity index (χ1n) is 5.24. The number of ether oxygens (including phenoxy) is 1. The molecule has 2 rings (SSSR count). The maximum Gasteiger partial charge on any atom is 0.120 e. The Morgan fingerprint density at radius 2 is 2.41 bits per heavy atom. The molecule has 0 saturated carbocycles. The average Bonchev–Trinajstić information content (AvgIpc) is 2.90. The normalized spacial score (nSPS) is 12.1. The van der Waals surface area contributed by atoms with Gasteiger partial charge < -0.3 is 15.2 Å². The maximum atomic E-state index is 9.36. The Kier molecular flexibility index (Phi) is 3.95. The molecule has 0 bridgehead atoms. The van der Waals surface area contributed by atoms with Crippen molar-refractivity contribution in [2.45, 2.75) is 6.04 Å². The summed E-state index contributed by atoms with van der Waals surface area (Å²) in [6.45, 7) is 0.00469. The number of rotatable bonds is 5. The minimum atomic E-state index is -0.179. The van der Waals surface area contributed by atoms with Crippen LogP contribution in [-0.2, 0) is 0 Å². The van der Waals surface area contributed by atoms with E-state index in [9.17, 15) is 5.11 Å². The van der Waals surface area contributed by atoms with Crippen LogP contribution in [0.3, 0.4) is 0 Å². The summed E-state index contributed by atoms with van der Waals surface area (Å²) in [6.07, 6.45) is 1.73. The van der Waals surface area contributed by atoms with Crippen molar-refractivity contribution in [2.24, 2.45) is 0 Å². The molecule has 0 amide bonds. The molecule has 0 radical (unpaired) electrons. The molecule has 0 saturated heterocycles. The molecule has 1 atom stereocenters. The first kappa shape index (κ1) is 11.9. The monoisotopic (exact) mass is 250 g/mol. The predicted molar refractivity (Wildman–Crippen MR) is 68.6 cm³/mol. The van der Waals surface area contributed by atoms with Crippen LogP contribution in [0.1, 0.15) is 11.0 Å². The largest absolute Gasteiger partial charge is 0.497 e. The quantitative estimate of drug-likeness (QED) is 0.855. The molecule has 1 aromatic carbocycles. The van der Waals surface area contributed by atoms with Gasteiger partial charge in [0.2, 0.25) is 0 Å². The van der Waals surface area contributed by atoms with Gasteiger partial charge in [0.25, 0.3) is 0 Å². The number of nitrogens with one attached hydrogen (secondary N) is 1. The highest BCUT2D eigenvalue weighted by Crippen LogP contribution is 2.23. The fraction of sp³-hybridized carbons (Fsp3) is 0.250. The Labute approximate surface area is 104 Å². The van der Waals surface area contributed by atoms with E-state index in [1.807, 2.05) is 29.6 Å². The number of methoxy groups -OCH3 is 1. The van der Waals surface area contributed by atoms with Crippen LogP contribution in [0.2, 0.25) is 0 Å². The number of thiazole rings is 1. The van der Waals surface area contributed by atoms with Crippen molar-refractivity contribution in [1.82, 2.24) is 4.98 Å². The molecule has 4 nitrogen and oxygen atoms in total. The van der Waals surface area contributed by atoms with E-state index in [0.29, 0.717) is 0 Å². The number of aliphatic hydroxyl groups is 1. The minimum absolute atomic E-state index is 0.00469. The molecule has 0 aliphatic rings. The lowest BCUT2D eigenvalue weighted by molar-refractivity contribution is 0.276. The van der Waals surface area contributed by atoms with Gasteiger partial charge in [-0.2, -0.15) is 0 Å². The van der Waals surface area contributed by atoms with Gasteiger partial charge >= 0.3 is 0 Å². The summed E-state index contributed by atoms with van der Waals surface area (Å²) in [4.78, 5) is 4.19. The van der Waals surface area contributed by atoms with Gasteiger partial charge in [0.15, 0.2) is 0 Å². The lowest BCUT2D eigenvalue weighted by atomic mass is 10.2. The van der Waals surface area contributed by atoms with Crippen LogP contribution >= 0.6 is 11.3 Å². The smallest absolute Gasteiger partial charge is 0.120 e. The molecule has 0 aliphatic carbocycles. The molecule has 1 heterocycles. The van der Waals surface area contributed by atoms with Crippen LogP contribution in [0.15, 0.2) is 35.8 Å². The van der Waals surface area contributed by atoms with E-state index in [2.05, 4.69) is 10.3 Å². The van der Waals surface area contributed by atoms with Crippen LogP contribution in [0.5, 0.6) is 5.75 Å². The van der Waals surface area contributed by atoms with E-state index >= 15 is 0 Å². The number of aromatic nitrogens is 1. The van der Waals surface area contributed by atoms with E-state index < -0.39 is 0 Å². The van der Waals surface area contributed by atoms with Crippen LogP contribution in [0, 0.1) is 0 Å². The Hall–Kier alpha value is -1.59. The molecule has 1 aromatic heterocycles. The van der Waals surface area contributed by atoms with Gasteiger partial charge in [-0.05, 0) is 12.1 Å². The molecule has 5 heteroatoms. The number of benzene rings is 1. The van der Waals surface area contributed by atoms with Crippen molar-refractivity contribution < 1.29 is 9.84 Å². The summed E-state index contributed by atoms with van der Waals surface area (Å²) in [7, 11) is 1.63. The van der Waals surface area contributed by atoms with Crippen molar-refractivity contribution in [1.29, 1.82) is 0 Å². The van der Waals surface area contributed by atoms with E-state index in [4.69, 9.17) is 4.74 Å². The fourth-order valence-electron chi connectivity index (χ4n) is 1.51. The van der Waals surface area contributed by atoms with Crippen LogP contribution in [0.25, 0.3) is 0 Å². The van der Waals surface area contributed by atoms with Crippen LogP contribution in [-0.4, -0.2) is 23.8 Å². The molecule has 0 spiro atoms. The second-order valence-electron chi connectivity index (χ2n) is 3.48. The summed E-state index contributed by atoms with van der Waals surface area (Å²) in [5, 5.41) is 15.3. The number of hydrogen-bond acceptors (Lipinski definition) is 5. The Balaban J connectivity index is 2.13. The Morgan fingerprint density at radius 1 is 1.53 bits per heavy atom. The zero-order valence-corrected chi connectivity index (χ0v) is 10.3. The standard InChI is InChI=1S/C12H14N2O2S/c1-16-10-4-2-3-9(7-10)14-11(8-15)12-13-5-6-17-12/h2-7,11,14-15H,8H2,1H3. The highest BCUT2D eigenvalue weighted by molar-refractivity contribution is 7.09. The predicted octanol–water partition coefficient (Wildman–Crippen LogP) is 2.30. The van der Waals surface area contributed by atoms with Crippen molar-refractivity contribution in [3.63, 3.8) is 0 Å². The zero-order valence-electron chi connectivity index (χ0n) is 9.46. The van der Waals surface area contributed by atoms with Gasteiger partial charge in [-0.25, -0.2) is 4.98 Å². The van der Waals surface area contributed by atoms with Crippen LogP contribution in [0.4, 0.5) is 5.69 Å². The average molecular weight is 250 g/mol. The second kappa shape index (κ2) is 5.65. The van der Waals surface area contributed by atoms with Crippen molar-refractivity contribution in [2.75, 3.05) is 19.0 Å².